The van der Waals surface area contributed by atoms with Crippen LogP contribution in [-0.2, 0) is 6.54 Å². The van der Waals surface area contributed by atoms with Crippen molar-refractivity contribution in [1.82, 2.24) is 5.32 Å². The van der Waals surface area contributed by atoms with Gasteiger partial charge in [-0.15, -0.1) is 0 Å². The first kappa shape index (κ1) is 15.0. The molecule has 1 N–H and O–H groups in total. The van der Waals surface area contributed by atoms with Crippen LogP contribution in [0.1, 0.15) is 46.6 Å². The summed E-state index contributed by atoms with van der Waals surface area (Å²) in [7, 11) is 2.17. The summed E-state index contributed by atoms with van der Waals surface area (Å²) in [5, 5.41) is 3.44. The smallest absolute Gasteiger partial charge is 0.0368 e. The van der Waals surface area contributed by atoms with Crippen LogP contribution in [0.5, 0.6) is 0 Å². The van der Waals surface area contributed by atoms with E-state index in [0.717, 1.165) is 13.0 Å². The van der Waals surface area contributed by atoms with Crippen molar-refractivity contribution >= 4 is 5.69 Å². The summed E-state index contributed by atoms with van der Waals surface area (Å²) in [5.74, 6) is 0. The van der Waals surface area contributed by atoms with Crippen molar-refractivity contribution in [2.75, 3.05) is 11.9 Å². The van der Waals surface area contributed by atoms with Gasteiger partial charge in [-0.25, -0.2) is 0 Å². The first-order valence-corrected chi connectivity index (χ1v) is 6.93. The third-order valence-corrected chi connectivity index (χ3v) is 3.81. The Labute approximate surface area is 112 Å². The molecule has 0 saturated carbocycles. The van der Waals surface area contributed by atoms with Crippen molar-refractivity contribution in [2.45, 2.75) is 59.2 Å². The van der Waals surface area contributed by atoms with Crippen LogP contribution >= 0.6 is 0 Å². The number of nitrogens with zero attached hydrogens (tertiary/aromatic N) is 1. The fourth-order valence-corrected chi connectivity index (χ4v) is 1.75. The van der Waals surface area contributed by atoms with Gasteiger partial charge in [-0.2, -0.15) is 0 Å². The predicted octanol–water partition coefficient (Wildman–Crippen LogP) is 3.81. The summed E-state index contributed by atoms with van der Waals surface area (Å²) >= 11 is 0. The van der Waals surface area contributed by atoms with Crippen LogP contribution in [0.2, 0.25) is 0 Å². The molecular weight excluding hydrogens is 220 g/mol. The Hall–Kier alpha value is -1.02. The monoisotopic (exact) mass is 248 g/mol. The highest BCUT2D eigenvalue weighted by Crippen LogP contribution is 2.24. The van der Waals surface area contributed by atoms with E-state index in [1.165, 1.54) is 11.3 Å². The zero-order valence-electron chi connectivity index (χ0n) is 12.7. The third-order valence-electron chi connectivity index (χ3n) is 3.81. The van der Waals surface area contributed by atoms with E-state index in [-0.39, 0.29) is 5.54 Å². The van der Waals surface area contributed by atoms with Crippen molar-refractivity contribution in [2.24, 2.45) is 0 Å². The van der Waals surface area contributed by atoms with Gasteiger partial charge in [0.05, 0.1) is 0 Å². The Morgan fingerprint density at radius 1 is 1.17 bits per heavy atom. The van der Waals surface area contributed by atoms with E-state index in [1.807, 2.05) is 0 Å². The van der Waals surface area contributed by atoms with Crippen molar-refractivity contribution in [3.8, 4) is 0 Å². The lowest BCUT2D eigenvalue weighted by Gasteiger charge is -2.36. The zero-order valence-corrected chi connectivity index (χ0v) is 12.7. The Kier molecular flexibility index (Phi) is 5.21. The minimum absolute atomic E-state index is 0.206. The summed E-state index contributed by atoms with van der Waals surface area (Å²) in [6.07, 6.45) is 1.14. The van der Waals surface area contributed by atoms with Gasteiger partial charge in [0, 0.05) is 30.9 Å². The van der Waals surface area contributed by atoms with E-state index in [2.05, 4.69) is 76.1 Å². The zero-order chi connectivity index (χ0) is 13.8. The second-order valence-corrected chi connectivity index (χ2v) is 5.93. The highest BCUT2D eigenvalue weighted by atomic mass is 15.2. The van der Waals surface area contributed by atoms with E-state index < -0.39 is 0 Å². The highest BCUT2D eigenvalue weighted by Gasteiger charge is 2.21. The molecule has 0 heterocycles. The van der Waals surface area contributed by atoms with Crippen LogP contribution in [-0.4, -0.2) is 18.6 Å². The molecule has 0 fully saturated rings. The SMILES string of the molecule is CCC(C)(C)N(C)c1ccc(CNC(C)C)cc1. The van der Waals surface area contributed by atoms with Crippen LogP contribution in [0.4, 0.5) is 5.69 Å². The summed E-state index contributed by atoms with van der Waals surface area (Å²) in [6, 6.07) is 9.40. The van der Waals surface area contributed by atoms with Crippen LogP contribution in [0.25, 0.3) is 0 Å². The van der Waals surface area contributed by atoms with Gasteiger partial charge < -0.3 is 10.2 Å². The van der Waals surface area contributed by atoms with Gasteiger partial charge in [-0.05, 0) is 38.0 Å². The van der Waals surface area contributed by atoms with E-state index in [9.17, 15) is 0 Å². The standard InChI is InChI=1S/C16H28N2/c1-7-16(4,5)18(6)15-10-8-14(9-11-15)12-17-13(2)3/h8-11,13,17H,7,12H2,1-6H3. The molecule has 0 saturated heterocycles. The molecule has 1 rings (SSSR count). The molecule has 0 aliphatic rings. The minimum Gasteiger partial charge on any atom is -0.369 e. The second-order valence-electron chi connectivity index (χ2n) is 5.93. The predicted molar refractivity (Wildman–Crippen MR) is 81.2 cm³/mol. The molecule has 1 aromatic carbocycles. The van der Waals surface area contributed by atoms with Crippen LogP contribution in [0.3, 0.4) is 0 Å². The Morgan fingerprint density at radius 3 is 2.17 bits per heavy atom. The number of nitrogens with one attached hydrogen (secondary N) is 1. The normalized spacial score (nSPS) is 11.9. The molecule has 18 heavy (non-hydrogen) atoms. The Bertz CT molecular complexity index is 352. The summed E-state index contributed by atoms with van der Waals surface area (Å²) in [6.45, 7) is 12.1. The average molecular weight is 248 g/mol. The van der Waals surface area contributed by atoms with Gasteiger partial charge in [0.25, 0.3) is 0 Å². The van der Waals surface area contributed by atoms with Gasteiger partial charge in [0.15, 0.2) is 0 Å². The molecule has 0 spiro atoms. The van der Waals surface area contributed by atoms with E-state index in [1.54, 1.807) is 0 Å². The van der Waals surface area contributed by atoms with Crippen LogP contribution in [0.15, 0.2) is 24.3 Å². The van der Waals surface area contributed by atoms with Gasteiger partial charge >= 0.3 is 0 Å². The van der Waals surface area contributed by atoms with E-state index >= 15 is 0 Å². The maximum absolute atomic E-state index is 3.44. The quantitative estimate of drug-likeness (QED) is 0.823. The Morgan fingerprint density at radius 2 is 1.72 bits per heavy atom. The molecule has 102 valence electrons. The first-order chi connectivity index (χ1) is 8.36. The lowest BCUT2D eigenvalue weighted by Crippen LogP contribution is -2.40. The maximum atomic E-state index is 3.44. The molecule has 0 aliphatic carbocycles. The molecule has 1 aromatic rings. The van der Waals surface area contributed by atoms with Gasteiger partial charge in [-0.1, -0.05) is 32.9 Å². The lowest BCUT2D eigenvalue weighted by atomic mass is 9.99. The molecule has 2 nitrogen and oxygen atoms in total. The van der Waals surface area contributed by atoms with E-state index in [4.69, 9.17) is 0 Å². The topological polar surface area (TPSA) is 15.3 Å². The number of hydrogen-bond acceptors (Lipinski definition) is 2. The minimum atomic E-state index is 0.206. The molecular formula is C16H28N2. The van der Waals surface area contributed by atoms with Crippen molar-refractivity contribution in [3.63, 3.8) is 0 Å². The van der Waals surface area contributed by atoms with Gasteiger partial charge in [-0.3, -0.25) is 0 Å². The second kappa shape index (κ2) is 6.24. The number of benzene rings is 1. The average Bonchev–Trinajstić information content (AvgIpc) is 2.36. The Balaban J connectivity index is 2.70. The molecule has 2 heteroatoms. The van der Waals surface area contributed by atoms with Crippen LogP contribution in [0, 0.1) is 0 Å². The molecule has 0 radical (unpaired) electrons. The molecule has 0 unspecified atom stereocenters. The van der Waals surface area contributed by atoms with Crippen molar-refractivity contribution < 1.29 is 0 Å². The fourth-order valence-electron chi connectivity index (χ4n) is 1.75. The lowest BCUT2D eigenvalue weighted by molar-refractivity contribution is 0.471. The number of anilines is 1. The molecule has 0 bridgehead atoms. The summed E-state index contributed by atoms with van der Waals surface area (Å²) in [4.78, 5) is 2.35. The highest BCUT2D eigenvalue weighted by molar-refractivity contribution is 5.49. The van der Waals surface area contributed by atoms with Gasteiger partial charge in [0.1, 0.15) is 0 Å². The summed E-state index contributed by atoms with van der Waals surface area (Å²) < 4.78 is 0. The fraction of sp³-hybridized carbons (Fsp3) is 0.625. The summed E-state index contributed by atoms with van der Waals surface area (Å²) in [5.41, 5.74) is 2.84. The third kappa shape index (κ3) is 4.02. The number of hydrogen-bond donors (Lipinski definition) is 1. The number of rotatable bonds is 6. The van der Waals surface area contributed by atoms with Gasteiger partial charge in [0.2, 0.25) is 0 Å². The largest absolute Gasteiger partial charge is 0.369 e. The van der Waals surface area contributed by atoms with Crippen LogP contribution < -0.4 is 10.2 Å². The molecule has 0 aliphatic heterocycles. The maximum Gasteiger partial charge on any atom is 0.0368 e. The molecule has 0 amide bonds. The molecule has 0 atom stereocenters. The van der Waals surface area contributed by atoms with Crippen molar-refractivity contribution in [3.05, 3.63) is 29.8 Å². The van der Waals surface area contributed by atoms with Crippen molar-refractivity contribution in [1.29, 1.82) is 0 Å². The van der Waals surface area contributed by atoms with E-state index in [0.29, 0.717) is 6.04 Å². The first-order valence-electron chi connectivity index (χ1n) is 6.93. The molecule has 0 aromatic heterocycles.